The summed E-state index contributed by atoms with van der Waals surface area (Å²) in [5.41, 5.74) is 0.676. The zero-order chi connectivity index (χ0) is 14.0. The van der Waals surface area contributed by atoms with Crippen LogP contribution in [0, 0.1) is 5.82 Å². The average molecular weight is 300 g/mol. The van der Waals surface area contributed by atoms with Crippen LogP contribution in [0.5, 0.6) is 0 Å². The normalized spacial score (nSPS) is 25.6. The van der Waals surface area contributed by atoms with E-state index in [1.54, 1.807) is 6.07 Å². The van der Waals surface area contributed by atoms with E-state index in [-0.39, 0.29) is 11.4 Å². The number of halogens is 2. The molecule has 0 radical (unpaired) electrons. The van der Waals surface area contributed by atoms with Crippen molar-refractivity contribution in [2.24, 2.45) is 0 Å². The van der Waals surface area contributed by atoms with Crippen LogP contribution in [-0.2, 0) is 9.47 Å². The van der Waals surface area contributed by atoms with Crippen molar-refractivity contribution in [3.05, 3.63) is 29.0 Å². The molecule has 1 atom stereocenters. The van der Waals surface area contributed by atoms with Gasteiger partial charge in [-0.3, -0.25) is 0 Å². The topological polar surface area (TPSA) is 30.5 Å². The predicted molar refractivity (Wildman–Crippen MR) is 76.8 cm³/mol. The van der Waals surface area contributed by atoms with Crippen LogP contribution in [0.2, 0.25) is 5.02 Å². The third kappa shape index (κ3) is 3.25. The van der Waals surface area contributed by atoms with Crippen LogP contribution < -0.4 is 5.32 Å². The Morgan fingerprint density at radius 3 is 2.75 bits per heavy atom. The number of nitrogens with one attached hydrogen (secondary N) is 1. The number of rotatable bonds is 2. The molecule has 2 saturated heterocycles. The quantitative estimate of drug-likeness (QED) is 0.905. The van der Waals surface area contributed by atoms with Crippen LogP contribution in [0.3, 0.4) is 0 Å². The van der Waals surface area contributed by atoms with E-state index in [9.17, 15) is 4.39 Å². The van der Waals surface area contributed by atoms with Crippen LogP contribution in [0.1, 0.15) is 25.7 Å². The molecule has 1 aromatic rings. The van der Waals surface area contributed by atoms with Crippen molar-refractivity contribution in [3.8, 4) is 0 Å². The first-order valence-corrected chi connectivity index (χ1v) is 7.47. The van der Waals surface area contributed by atoms with Crippen molar-refractivity contribution < 1.29 is 13.9 Å². The first-order chi connectivity index (χ1) is 9.65. The standard InChI is InChI=1S/C15H19ClFNO2/c16-11-7-12(17)9-14(8-11)18-13-1-4-20-15(10-13)2-5-19-6-3-15/h7-9,13,18H,1-6,10H2. The van der Waals surface area contributed by atoms with Crippen LogP contribution in [0.25, 0.3) is 0 Å². The van der Waals surface area contributed by atoms with Crippen molar-refractivity contribution >= 4 is 17.3 Å². The molecule has 0 saturated carbocycles. The highest BCUT2D eigenvalue weighted by Crippen LogP contribution is 2.35. The van der Waals surface area contributed by atoms with Gasteiger partial charge in [-0.05, 0) is 43.9 Å². The lowest BCUT2D eigenvalue weighted by Crippen LogP contribution is -2.47. The molecule has 1 N–H and O–H groups in total. The van der Waals surface area contributed by atoms with Crippen molar-refractivity contribution in [2.75, 3.05) is 25.1 Å². The van der Waals surface area contributed by atoms with E-state index >= 15 is 0 Å². The maximum absolute atomic E-state index is 13.4. The predicted octanol–water partition coefficient (Wildman–Crippen LogP) is 3.62. The Bertz CT molecular complexity index is 451. The van der Waals surface area contributed by atoms with Gasteiger partial charge in [-0.2, -0.15) is 0 Å². The molecule has 0 aromatic heterocycles. The summed E-state index contributed by atoms with van der Waals surface area (Å²) in [5.74, 6) is -0.312. The molecule has 1 spiro atoms. The van der Waals surface area contributed by atoms with Gasteiger partial charge in [0, 0.05) is 36.6 Å². The fourth-order valence-electron chi connectivity index (χ4n) is 3.12. The van der Waals surface area contributed by atoms with E-state index < -0.39 is 0 Å². The Labute approximate surface area is 123 Å². The second-order valence-electron chi connectivity index (χ2n) is 5.64. The molecule has 2 aliphatic heterocycles. The van der Waals surface area contributed by atoms with Crippen LogP contribution >= 0.6 is 11.6 Å². The van der Waals surface area contributed by atoms with Gasteiger partial charge >= 0.3 is 0 Å². The zero-order valence-corrected chi connectivity index (χ0v) is 12.1. The van der Waals surface area contributed by atoms with E-state index in [0.29, 0.717) is 11.1 Å². The second-order valence-corrected chi connectivity index (χ2v) is 6.07. The molecule has 0 aliphatic carbocycles. The SMILES string of the molecule is Fc1cc(Cl)cc(NC2CCOC3(CCOCC3)C2)c1. The van der Waals surface area contributed by atoms with E-state index in [4.69, 9.17) is 21.1 Å². The van der Waals surface area contributed by atoms with Gasteiger partial charge in [-0.1, -0.05) is 11.6 Å². The molecule has 1 aromatic carbocycles. The molecule has 1 unspecified atom stereocenters. The summed E-state index contributed by atoms with van der Waals surface area (Å²) >= 11 is 5.89. The molecule has 2 fully saturated rings. The molecule has 2 aliphatic rings. The summed E-state index contributed by atoms with van der Waals surface area (Å²) < 4.78 is 24.8. The fourth-order valence-corrected chi connectivity index (χ4v) is 3.34. The Hall–Kier alpha value is -0.840. The minimum atomic E-state index is -0.312. The highest BCUT2D eigenvalue weighted by molar-refractivity contribution is 6.30. The Balaban J connectivity index is 1.67. The number of hydrogen-bond acceptors (Lipinski definition) is 3. The monoisotopic (exact) mass is 299 g/mol. The van der Waals surface area contributed by atoms with Crippen LogP contribution in [0.15, 0.2) is 18.2 Å². The number of hydrogen-bond donors (Lipinski definition) is 1. The fraction of sp³-hybridized carbons (Fsp3) is 0.600. The van der Waals surface area contributed by atoms with E-state index in [0.717, 1.165) is 51.2 Å². The Morgan fingerprint density at radius 2 is 2.00 bits per heavy atom. The van der Waals surface area contributed by atoms with E-state index in [1.165, 1.54) is 12.1 Å². The van der Waals surface area contributed by atoms with Crippen molar-refractivity contribution in [3.63, 3.8) is 0 Å². The first kappa shape index (κ1) is 14.1. The summed E-state index contributed by atoms with van der Waals surface area (Å²) in [7, 11) is 0. The third-order valence-electron chi connectivity index (χ3n) is 4.13. The third-order valence-corrected chi connectivity index (χ3v) is 4.35. The van der Waals surface area contributed by atoms with Gasteiger partial charge in [0.05, 0.1) is 5.60 Å². The number of anilines is 1. The Morgan fingerprint density at radius 1 is 1.20 bits per heavy atom. The average Bonchev–Trinajstić information content (AvgIpc) is 2.38. The summed E-state index contributed by atoms with van der Waals surface area (Å²) in [4.78, 5) is 0. The molecule has 0 amide bonds. The Kier molecular flexibility index (Phi) is 4.15. The minimum absolute atomic E-state index is 0.0642. The molecule has 3 nitrogen and oxygen atoms in total. The number of benzene rings is 1. The smallest absolute Gasteiger partial charge is 0.126 e. The van der Waals surface area contributed by atoms with Gasteiger partial charge in [0.2, 0.25) is 0 Å². The van der Waals surface area contributed by atoms with Gasteiger partial charge in [-0.15, -0.1) is 0 Å². The molecule has 0 bridgehead atoms. The van der Waals surface area contributed by atoms with E-state index in [1.807, 2.05) is 0 Å². The summed E-state index contributed by atoms with van der Waals surface area (Å²) in [6, 6.07) is 4.85. The lowest BCUT2D eigenvalue weighted by atomic mass is 9.84. The summed E-state index contributed by atoms with van der Waals surface area (Å²) in [6.45, 7) is 2.26. The highest BCUT2D eigenvalue weighted by atomic mass is 35.5. The largest absolute Gasteiger partial charge is 0.382 e. The van der Waals surface area contributed by atoms with Crippen LogP contribution in [-0.4, -0.2) is 31.5 Å². The van der Waals surface area contributed by atoms with Gasteiger partial charge in [-0.25, -0.2) is 4.39 Å². The van der Waals surface area contributed by atoms with Gasteiger partial charge in [0.15, 0.2) is 0 Å². The lowest BCUT2D eigenvalue weighted by molar-refractivity contribution is -0.135. The molecule has 110 valence electrons. The minimum Gasteiger partial charge on any atom is -0.382 e. The summed E-state index contributed by atoms with van der Waals surface area (Å²) in [5, 5.41) is 3.81. The highest BCUT2D eigenvalue weighted by Gasteiger charge is 2.38. The molecule has 5 heteroatoms. The van der Waals surface area contributed by atoms with E-state index in [2.05, 4.69) is 5.32 Å². The number of ether oxygens (including phenoxy) is 2. The van der Waals surface area contributed by atoms with Gasteiger partial charge in [0.25, 0.3) is 0 Å². The lowest BCUT2D eigenvalue weighted by Gasteiger charge is -2.43. The maximum Gasteiger partial charge on any atom is 0.126 e. The van der Waals surface area contributed by atoms with Crippen LogP contribution in [0.4, 0.5) is 10.1 Å². The first-order valence-electron chi connectivity index (χ1n) is 7.10. The van der Waals surface area contributed by atoms with Crippen molar-refractivity contribution in [2.45, 2.75) is 37.3 Å². The molecule has 20 heavy (non-hydrogen) atoms. The molecule has 2 heterocycles. The molecule has 3 rings (SSSR count). The van der Waals surface area contributed by atoms with Crippen molar-refractivity contribution in [1.82, 2.24) is 0 Å². The second kappa shape index (κ2) is 5.88. The zero-order valence-electron chi connectivity index (χ0n) is 11.3. The summed E-state index contributed by atoms with van der Waals surface area (Å²) in [6.07, 6.45) is 3.74. The molecular formula is C15H19ClFNO2. The van der Waals surface area contributed by atoms with Crippen molar-refractivity contribution in [1.29, 1.82) is 0 Å². The molecular weight excluding hydrogens is 281 g/mol. The van der Waals surface area contributed by atoms with Gasteiger partial charge in [0.1, 0.15) is 5.82 Å². The maximum atomic E-state index is 13.4. The van der Waals surface area contributed by atoms with Gasteiger partial charge < -0.3 is 14.8 Å².